The van der Waals surface area contributed by atoms with E-state index in [4.69, 9.17) is 0 Å². The maximum atomic E-state index is 9.68. The van der Waals surface area contributed by atoms with Crippen LogP contribution in [-0.4, -0.2) is 9.42 Å². The lowest BCUT2D eigenvalue weighted by molar-refractivity contribution is 0.660. The monoisotopic (exact) mass is 182 g/mol. The van der Waals surface area contributed by atoms with Crippen molar-refractivity contribution in [3.8, 4) is 0 Å². The van der Waals surface area contributed by atoms with Gasteiger partial charge in [0.05, 0.1) is 0 Å². The van der Waals surface area contributed by atoms with Gasteiger partial charge in [0.25, 0.3) is 0 Å². The molecule has 0 aliphatic rings. The molecule has 66 valence electrons. The molecule has 1 aromatic carbocycles. The van der Waals surface area contributed by atoms with Gasteiger partial charge >= 0.3 is 0 Å². The van der Waals surface area contributed by atoms with E-state index in [2.05, 4.69) is 0 Å². The van der Waals surface area contributed by atoms with Crippen LogP contribution in [0.15, 0.2) is 29.2 Å². The highest BCUT2D eigenvalue weighted by atomic mass is 32.2. The maximum absolute atomic E-state index is 9.68. The summed E-state index contributed by atoms with van der Waals surface area (Å²) in [6.07, 6.45) is 0. The first-order valence-electron chi connectivity index (χ1n) is 3.91. The third kappa shape index (κ3) is 2.19. The predicted octanol–water partition coefficient (Wildman–Crippen LogP) is 3.31. The first-order valence-corrected chi connectivity index (χ1v) is 5.09. The molecule has 1 atom stereocenters. The van der Waals surface area contributed by atoms with Gasteiger partial charge in [0.15, 0.2) is 0 Å². The van der Waals surface area contributed by atoms with Crippen LogP contribution in [0.5, 0.6) is 0 Å². The Hall–Kier alpha value is -0.600. The summed E-state index contributed by atoms with van der Waals surface area (Å²) < 4.78 is 9.68. The van der Waals surface area contributed by atoms with E-state index in [9.17, 15) is 4.55 Å². The van der Waals surface area contributed by atoms with Gasteiger partial charge in [-0.25, -0.2) is 0 Å². The summed E-state index contributed by atoms with van der Waals surface area (Å²) >= 11 is 0. The molecule has 0 fully saturated rings. The molecule has 0 bridgehead atoms. The third-order valence-corrected chi connectivity index (χ3v) is 3.12. The van der Waals surface area contributed by atoms with Gasteiger partial charge in [-0.1, -0.05) is 17.7 Å². The molecule has 0 radical (unpaired) electrons. The maximum Gasteiger partial charge on any atom is 0.0270 e. The number of hydrogen-bond donors (Lipinski definition) is 1. The van der Waals surface area contributed by atoms with E-state index >= 15 is 0 Å². The van der Waals surface area contributed by atoms with Crippen LogP contribution in [0.1, 0.15) is 19.4 Å². The molecule has 1 unspecified atom stereocenters. The van der Waals surface area contributed by atoms with Gasteiger partial charge in [-0.3, -0.25) is 0 Å². The largest absolute Gasteiger partial charge is 0.333 e. The molecule has 0 aliphatic heterocycles. The van der Waals surface area contributed by atoms with E-state index in [0.717, 1.165) is 9.76 Å². The summed E-state index contributed by atoms with van der Waals surface area (Å²) in [4.78, 5) is 2.06. The predicted molar refractivity (Wildman–Crippen MR) is 56.0 cm³/mol. The quantitative estimate of drug-likeness (QED) is 0.661. The summed E-state index contributed by atoms with van der Waals surface area (Å²) in [6.45, 7) is 5.94. The highest BCUT2D eigenvalue weighted by Gasteiger charge is 1.96. The van der Waals surface area contributed by atoms with Crippen LogP contribution in [-0.2, 0) is 0 Å². The topological polar surface area (TPSA) is 20.2 Å². The highest BCUT2D eigenvalue weighted by molar-refractivity contribution is 8.11. The molecule has 1 aromatic rings. The summed E-state index contributed by atoms with van der Waals surface area (Å²) in [7, 11) is -0.677. The molecule has 0 heterocycles. The van der Waals surface area contributed by atoms with Crippen LogP contribution in [0.25, 0.3) is 0 Å². The molecule has 1 N–H and O–H groups in total. The van der Waals surface area contributed by atoms with Gasteiger partial charge in [0.1, 0.15) is 0 Å². The van der Waals surface area contributed by atoms with Crippen LogP contribution in [0.2, 0.25) is 0 Å². The Kier molecular flexibility index (Phi) is 3.06. The van der Waals surface area contributed by atoms with E-state index in [1.165, 1.54) is 5.56 Å². The van der Waals surface area contributed by atoms with E-state index < -0.39 is 10.8 Å². The van der Waals surface area contributed by atoms with Crippen molar-refractivity contribution in [1.29, 1.82) is 0 Å². The van der Waals surface area contributed by atoms with Crippen LogP contribution in [0.4, 0.5) is 0 Å². The summed E-state index contributed by atoms with van der Waals surface area (Å²) in [5.41, 5.74) is 1.23. The normalized spacial score (nSPS) is 12.7. The fraction of sp³-hybridized carbons (Fsp3) is 0.300. The lowest BCUT2D eigenvalue weighted by Crippen LogP contribution is -1.84. The second-order valence-corrected chi connectivity index (χ2v) is 4.86. The lowest BCUT2D eigenvalue weighted by atomic mass is 10.2. The molecular formula is C10H14OS. The Morgan fingerprint density at radius 1 is 1.17 bits per heavy atom. The average Bonchev–Trinajstić information content (AvgIpc) is 2.04. The zero-order valence-electron chi connectivity index (χ0n) is 7.66. The SMILES string of the molecule is CC(C)=S(O)c1ccc(C)cc1. The highest BCUT2D eigenvalue weighted by Crippen LogP contribution is 2.23. The zero-order chi connectivity index (χ0) is 9.14. The van der Waals surface area contributed by atoms with Crippen molar-refractivity contribution >= 4 is 15.6 Å². The Balaban J connectivity index is 3.06. The fourth-order valence-electron chi connectivity index (χ4n) is 0.903. The first-order chi connectivity index (χ1) is 5.61. The molecule has 0 aliphatic carbocycles. The summed E-state index contributed by atoms with van der Waals surface area (Å²) in [5, 5.41) is 0. The molecule has 0 saturated heterocycles. The van der Waals surface area contributed by atoms with Gasteiger partial charge in [-0.15, -0.1) is 0 Å². The molecule has 0 saturated carbocycles. The molecule has 1 nitrogen and oxygen atoms in total. The van der Waals surface area contributed by atoms with E-state index in [0.29, 0.717) is 0 Å². The van der Waals surface area contributed by atoms with Crippen LogP contribution in [0.3, 0.4) is 0 Å². The van der Waals surface area contributed by atoms with Gasteiger partial charge in [-0.05, 0) is 48.5 Å². The van der Waals surface area contributed by atoms with E-state index in [-0.39, 0.29) is 0 Å². The van der Waals surface area contributed by atoms with Crippen LogP contribution >= 0.6 is 10.8 Å². The fourth-order valence-corrected chi connectivity index (χ4v) is 1.77. The minimum Gasteiger partial charge on any atom is -0.333 e. The molecular weight excluding hydrogens is 168 g/mol. The van der Waals surface area contributed by atoms with E-state index in [1.54, 1.807) is 0 Å². The first kappa shape index (κ1) is 9.49. The molecule has 12 heavy (non-hydrogen) atoms. The van der Waals surface area contributed by atoms with Crippen molar-refractivity contribution < 1.29 is 4.55 Å². The zero-order valence-corrected chi connectivity index (χ0v) is 8.48. The molecule has 0 spiro atoms. The third-order valence-electron chi connectivity index (χ3n) is 1.63. The number of benzene rings is 1. The Morgan fingerprint density at radius 3 is 2.08 bits per heavy atom. The second-order valence-electron chi connectivity index (χ2n) is 3.01. The second kappa shape index (κ2) is 3.87. The molecule has 2 heteroatoms. The van der Waals surface area contributed by atoms with Crippen LogP contribution in [0, 0.1) is 6.92 Å². The van der Waals surface area contributed by atoms with Crippen LogP contribution < -0.4 is 0 Å². The van der Waals surface area contributed by atoms with Gasteiger partial charge < -0.3 is 4.55 Å². The average molecular weight is 182 g/mol. The van der Waals surface area contributed by atoms with Crippen molar-refractivity contribution in [3.63, 3.8) is 0 Å². The number of hydrogen-bond acceptors (Lipinski definition) is 1. The molecule has 0 amide bonds. The number of aryl methyl sites for hydroxylation is 1. The minimum atomic E-state index is -0.677. The van der Waals surface area contributed by atoms with Crippen molar-refractivity contribution in [3.05, 3.63) is 29.8 Å². The number of rotatable bonds is 1. The van der Waals surface area contributed by atoms with Gasteiger partial charge in [-0.2, -0.15) is 0 Å². The Bertz CT molecular complexity index is 294. The minimum absolute atomic E-state index is 0.677. The smallest absolute Gasteiger partial charge is 0.0270 e. The molecule has 1 rings (SSSR count). The summed E-state index contributed by atoms with van der Waals surface area (Å²) in [5.74, 6) is 0. The van der Waals surface area contributed by atoms with Crippen molar-refractivity contribution in [1.82, 2.24) is 0 Å². The van der Waals surface area contributed by atoms with Crippen molar-refractivity contribution in [2.75, 3.05) is 0 Å². The van der Waals surface area contributed by atoms with Crippen molar-refractivity contribution in [2.45, 2.75) is 25.7 Å². The van der Waals surface area contributed by atoms with Gasteiger partial charge in [0.2, 0.25) is 0 Å². The standard InChI is InChI=1S/C10H14OS/c1-8(2)12(11)10-6-4-9(3)5-7-10/h4-7,11H,1-3H3. The van der Waals surface area contributed by atoms with E-state index in [1.807, 2.05) is 45.0 Å². The lowest BCUT2D eigenvalue weighted by Gasteiger charge is -2.03. The van der Waals surface area contributed by atoms with Gasteiger partial charge in [0, 0.05) is 4.90 Å². The van der Waals surface area contributed by atoms with Crippen molar-refractivity contribution in [2.24, 2.45) is 0 Å². The Morgan fingerprint density at radius 2 is 1.67 bits per heavy atom. The Labute approximate surface area is 76.2 Å². The summed E-state index contributed by atoms with van der Waals surface area (Å²) in [6, 6.07) is 8.00. The molecule has 0 aromatic heterocycles.